The topological polar surface area (TPSA) is 30.7 Å². The largest absolute Gasteiger partial charge is 0.276 e. The molecule has 0 amide bonds. The predicted molar refractivity (Wildman–Crippen MR) is 222 cm³/mol. The Bertz CT molecular complexity index is 3470. The summed E-state index contributed by atoms with van der Waals surface area (Å²) in [7, 11) is 0. The van der Waals surface area contributed by atoms with Crippen molar-refractivity contribution in [3.63, 3.8) is 0 Å². The molecular formula is C48H27N3S. The summed E-state index contributed by atoms with van der Waals surface area (Å²) in [6, 6.07) is 59.1. The molecule has 0 aliphatic carbocycles. The maximum absolute atomic E-state index is 5.54. The van der Waals surface area contributed by atoms with Gasteiger partial charge in [0.05, 0.1) is 26.9 Å². The lowest BCUT2D eigenvalue weighted by Crippen LogP contribution is -2.04. The summed E-state index contributed by atoms with van der Waals surface area (Å²) in [6.07, 6.45) is 0. The van der Waals surface area contributed by atoms with E-state index in [0.29, 0.717) is 5.95 Å². The van der Waals surface area contributed by atoms with Crippen LogP contribution in [0.3, 0.4) is 0 Å². The van der Waals surface area contributed by atoms with Gasteiger partial charge in [0.15, 0.2) is 0 Å². The van der Waals surface area contributed by atoms with Crippen LogP contribution in [-0.4, -0.2) is 14.5 Å². The Morgan fingerprint density at radius 2 is 1.00 bits per heavy atom. The van der Waals surface area contributed by atoms with Gasteiger partial charge in [-0.05, 0) is 45.1 Å². The molecule has 0 N–H and O–H groups in total. The highest BCUT2D eigenvalue weighted by molar-refractivity contribution is 7.27. The minimum Gasteiger partial charge on any atom is -0.276 e. The molecule has 3 nitrogen and oxygen atoms in total. The van der Waals surface area contributed by atoms with Gasteiger partial charge in [-0.2, -0.15) is 0 Å². The Hall–Kier alpha value is -6.62. The zero-order valence-corrected chi connectivity index (χ0v) is 28.7. The van der Waals surface area contributed by atoms with E-state index in [4.69, 9.17) is 9.97 Å². The fourth-order valence-corrected chi connectivity index (χ4v) is 10.1. The van der Waals surface area contributed by atoms with Crippen LogP contribution in [0.25, 0.3) is 113 Å². The second-order valence-corrected chi connectivity index (χ2v) is 14.7. The van der Waals surface area contributed by atoms with Crippen molar-refractivity contribution in [2.45, 2.75) is 0 Å². The Labute approximate surface area is 301 Å². The van der Waals surface area contributed by atoms with Crippen LogP contribution in [0, 0.1) is 0 Å². The molecule has 0 unspecified atom stereocenters. The van der Waals surface area contributed by atoms with Crippen molar-refractivity contribution in [3.8, 4) is 17.2 Å². The molecule has 3 heterocycles. The lowest BCUT2D eigenvalue weighted by molar-refractivity contribution is 1.02. The third kappa shape index (κ3) is 3.69. The van der Waals surface area contributed by atoms with Gasteiger partial charge in [-0.1, -0.05) is 146 Å². The highest BCUT2D eigenvalue weighted by Gasteiger charge is 2.26. The normalized spacial score (nSPS) is 12.2. The number of aromatic nitrogens is 3. The van der Waals surface area contributed by atoms with Gasteiger partial charge in [0, 0.05) is 53.4 Å². The van der Waals surface area contributed by atoms with E-state index in [2.05, 4.69) is 168 Å². The molecule has 0 saturated heterocycles. The minimum atomic E-state index is 0.678. The van der Waals surface area contributed by atoms with Crippen molar-refractivity contribution >= 4 is 107 Å². The number of benzene rings is 9. The van der Waals surface area contributed by atoms with Crippen LogP contribution in [0.4, 0.5) is 0 Å². The number of fused-ring (bicyclic) bond motifs is 18. The number of hydrogen-bond acceptors (Lipinski definition) is 3. The fourth-order valence-electron chi connectivity index (χ4n) is 8.80. The first-order chi connectivity index (χ1) is 25.8. The molecule has 0 aliphatic rings. The average Bonchev–Trinajstić information content (AvgIpc) is 3.77. The third-order valence-corrected chi connectivity index (χ3v) is 12.1. The van der Waals surface area contributed by atoms with Crippen molar-refractivity contribution in [1.82, 2.24) is 14.5 Å². The number of para-hydroxylation sites is 1. The van der Waals surface area contributed by atoms with Gasteiger partial charge in [-0.3, -0.25) is 4.57 Å². The van der Waals surface area contributed by atoms with E-state index in [-0.39, 0.29) is 0 Å². The summed E-state index contributed by atoms with van der Waals surface area (Å²) in [4.78, 5) is 11.1. The van der Waals surface area contributed by atoms with Crippen molar-refractivity contribution in [3.05, 3.63) is 164 Å². The van der Waals surface area contributed by atoms with Crippen molar-refractivity contribution in [2.24, 2.45) is 0 Å². The monoisotopic (exact) mass is 677 g/mol. The van der Waals surface area contributed by atoms with Gasteiger partial charge in [0.1, 0.15) is 0 Å². The predicted octanol–water partition coefficient (Wildman–Crippen LogP) is 13.4. The number of thiophene rings is 1. The van der Waals surface area contributed by atoms with E-state index in [1.165, 1.54) is 63.3 Å². The van der Waals surface area contributed by atoms with E-state index in [9.17, 15) is 0 Å². The Balaban J connectivity index is 1.38. The molecule has 0 radical (unpaired) electrons. The molecule has 4 heteroatoms. The fraction of sp³-hybridized carbons (Fsp3) is 0. The lowest BCUT2D eigenvalue weighted by atomic mass is 9.89. The standard InChI is InChI=1S/C48H27N3S/c1-2-15-29(16-3-1)44-37-27-26-28-14-4-5-17-30(28)45(37)50-48(49-44)51-38-24-12-10-22-35(38)42-40-33-20-8-6-18-31(33)32-19-7-9-21-34(32)41(40)43-36-23-11-13-25-39(36)52-47(43)46(42)51/h1-27H. The quantitative estimate of drug-likeness (QED) is 0.171. The first-order valence-electron chi connectivity index (χ1n) is 17.7. The van der Waals surface area contributed by atoms with Crippen molar-refractivity contribution in [2.75, 3.05) is 0 Å². The SMILES string of the molecule is c1ccc(-c2nc(-n3c4ccccc4c4c5c6ccccc6c6ccccc6c5c5c6ccccc6sc5c43)nc3c2ccc2ccccc23)cc1. The van der Waals surface area contributed by atoms with Crippen LogP contribution >= 0.6 is 11.3 Å². The number of nitrogens with zero attached hydrogens (tertiary/aromatic N) is 3. The highest BCUT2D eigenvalue weighted by Crippen LogP contribution is 2.51. The summed E-state index contributed by atoms with van der Waals surface area (Å²) in [5, 5.41) is 16.0. The molecule has 0 saturated carbocycles. The van der Waals surface area contributed by atoms with Crippen molar-refractivity contribution in [1.29, 1.82) is 0 Å². The molecule has 0 aliphatic heterocycles. The van der Waals surface area contributed by atoms with Crippen LogP contribution in [0.2, 0.25) is 0 Å². The van der Waals surface area contributed by atoms with Gasteiger partial charge in [0.25, 0.3) is 0 Å². The van der Waals surface area contributed by atoms with Crippen LogP contribution in [0.1, 0.15) is 0 Å². The maximum Gasteiger partial charge on any atom is 0.235 e. The zero-order chi connectivity index (χ0) is 33.9. The van der Waals surface area contributed by atoms with Crippen LogP contribution < -0.4 is 0 Å². The molecule has 240 valence electrons. The smallest absolute Gasteiger partial charge is 0.235 e. The van der Waals surface area contributed by atoms with Gasteiger partial charge in [-0.15, -0.1) is 11.3 Å². The van der Waals surface area contributed by atoms with Crippen LogP contribution in [-0.2, 0) is 0 Å². The number of hydrogen-bond donors (Lipinski definition) is 0. The third-order valence-electron chi connectivity index (χ3n) is 10.9. The summed E-state index contributed by atoms with van der Waals surface area (Å²) < 4.78 is 4.89. The number of rotatable bonds is 2. The van der Waals surface area contributed by atoms with Crippen LogP contribution in [0.15, 0.2) is 164 Å². The molecular weight excluding hydrogens is 651 g/mol. The second-order valence-electron chi connectivity index (χ2n) is 13.6. The molecule has 12 aromatic rings. The Kier molecular flexibility index (Phi) is 5.65. The maximum atomic E-state index is 5.54. The van der Waals surface area contributed by atoms with Gasteiger partial charge < -0.3 is 0 Å². The molecule has 3 aromatic heterocycles. The van der Waals surface area contributed by atoms with E-state index >= 15 is 0 Å². The van der Waals surface area contributed by atoms with E-state index < -0.39 is 0 Å². The van der Waals surface area contributed by atoms with E-state index in [0.717, 1.165) is 44.0 Å². The zero-order valence-electron chi connectivity index (χ0n) is 27.8. The summed E-state index contributed by atoms with van der Waals surface area (Å²) in [5.74, 6) is 0.678. The highest BCUT2D eigenvalue weighted by atomic mass is 32.1. The first kappa shape index (κ1) is 28.1. The van der Waals surface area contributed by atoms with Gasteiger partial charge in [-0.25, -0.2) is 9.97 Å². The van der Waals surface area contributed by atoms with E-state index in [1.54, 1.807) is 0 Å². The molecule has 9 aromatic carbocycles. The second kappa shape index (κ2) is 10.5. The molecule has 52 heavy (non-hydrogen) atoms. The molecule has 0 atom stereocenters. The lowest BCUT2D eigenvalue weighted by Gasteiger charge is -2.15. The molecule has 12 rings (SSSR count). The minimum absolute atomic E-state index is 0.678. The molecule has 0 fully saturated rings. The van der Waals surface area contributed by atoms with Crippen LogP contribution in [0.5, 0.6) is 0 Å². The Morgan fingerprint density at radius 3 is 1.77 bits per heavy atom. The summed E-state index contributed by atoms with van der Waals surface area (Å²) in [5.41, 5.74) is 5.21. The van der Waals surface area contributed by atoms with Gasteiger partial charge >= 0.3 is 0 Å². The summed E-state index contributed by atoms with van der Waals surface area (Å²) >= 11 is 1.87. The summed E-state index contributed by atoms with van der Waals surface area (Å²) in [6.45, 7) is 0. The first-order valence-corrected chi connectivity index (χ1v) is 18.5. The Morgan fingerprint density at radius 1 is 0.404 bits per heavy atom. The van der Waals surface area contributed by atoms with Gasteiger partial charge in [0.2, 0.25) is 5.95 Å². The average molecular weight is 678 g/mol. The van der Waals surface area contributed by atoms with Crippen molar-refractivity contribution < 1.29 is 0 Å². The molecule has 0 bridgehead atoms. The molecule has 0 spiro atoms. The van der Waals surface area contributed by atoms with E-state index in [1.807, 2.05) is 11.3 Å².